The molecule has 1 rings (SSSR count). The van der Waals surface area contributed by atoms with E-state index in [9.17, 15) is 4.79 Å². The maximum atomic E-state index is 11.8. The van der Waals surface area contributed by atoms with Crippen LogP contribution < -0.4 is 10.6 Å². The van der Waals surface area contributed by atoms with E-state index in [2.05, 4.69) is 26.6 Å². The van der Waals surface area contributed by atoms with Crippen LogP contribution in [-0.4, -0.2) is 11.9 Å². The fourth-order valence-electron chi connectivity index (χ4n) is 1.13. The van der Waals surface area contributed by atoms with Gasteiger partial charge in [-0.3, -0.25) is 4.79 Å². The molecule has 0 saturated heterocycles. The van der Waals surface area contributed by atoms with Crippen LogP contribution in [0.15, 0.2) is 40.5 Å². The van der Waals surface area contributed by atoms with Crippen molar-refractivity contribution in [1.29, 1.82) is 5.26 Å². The van der Waals surface area contributed by atoms with Gasteiger partial charge in [0.25, 0.3) is 5.91 Å². The van der Waals surface area contributed by atoms with E-state index in [1.807, 2.05) is 32.0 Å². The maximum absolute atomic E-state index is 11.8. The van der Waals surface area contributed by atoms with Crippen LogP contribution in [0.2, 0.25) is 0 Å². The Morgan fingerprint density at radius 1 is 1.39 bits per heavy atom. The number of benzene rings is 1. The molecular weight excluding hydrogens is 294 g/mol. The van der Waals surface area contributed by atoms with Crippen molar-refractivity contribution in [2.24, 2.45) is 0 Å². The van der Waals surface area contributed by atoms with E-state index in [-0.39, 0.29) is 11.6 Å². The Labute approximate surface area is 115 Å². The number of carbonyl (C=O) groups excluding carboxylic acids is 1. The van der Waals surface area contributed by atoms with Gasteiger partial charge in [-0.15, -0.1) is 0 Å². The third kappa shape index (κ3) is 4.60. The van der Waals surface area contributed by atoms with Gasteiger partial charge in [-0.25, -0.2) is 0 Å². The van der Waals surface area contributed by atoms with Gasteiger partial charge in [0.15, 0.2) is 0 Å². The van der Waals surface area contributed by atoms with Gasteiger partial charge in [-0.2, -0.15) is 5.26 Å². The Morgan fingerprint density at radius 2 is 2.00 bits per heavy atom. The Kier molecular flexibility index (Phi) is 5.40. The number of halogens is 1. The third-order valence-electron chi connectivity index (χ3n) is 2.03. The maximum Gasteiger partial charge on any atom is 0.267 e. The zero-order valence-electron chi connectivity index (χ0n) is 10.2. The molecule has 2 N–H and O–H groups in total. The number of amides is 1. The summed E-state index contributed by atoms with van der Waals surface area (Å²) in [5.41, 5.74) is 0.695. The highest BCUT2D eigenvalue weighted by molar-refractivity contribution is 9.10. The molecule has 0 unspecified atom stereocenters. The number of hydrogen-bond donors (Lipinski definition) is 2. The van der Waals surface area contributed by atoms with Crippen molar-refractivity contribution in [1.82, 2.24) is 5.32 Å². The molecule has 0 aliphatic rings. The molecule has 0 saturated carbocycles. The third-order valence-corrected chi connectivity index (χ3v) is 2.56. The summed E-state index contributed by atoms with van der Waals surface area (Å²) in [6.07, 6.45) is 1.43. The molecule has 4 nitrogen and oxygen atoms in total. The highest BCUT2D eigenvalue weighted by Crippen LogP contribution is 2.14. The van der Waals surface area contributed by atoms with E-state index in [0.29, 0.717) is 5.69 Å². The predicted octanol–water partition coefficient (Wildman–Crippen LogP) is 2.79. The number of nitrogens with one attached hydrogen (secondary N) is 2. The minimum Gasteiger partial charge on any atom is -0.387 e. The fraction of sp³-hybridized carbons (Fsp3) is 0.231. The van der Waals surface area contributed by atoms with Gasteiger partial charge in [0.2, 0.25) is 0 Å². The largest absolute Gasteiger partial charge is 0.387 e. The Morgan fingerprint density at radius 3 is 2.50 bits per heavy atom. The fourth-order valence-corrected chi connectivity index (χ4v) is 1.39. The average molecular weight is 308 g/mol. The predicted molar refractivity (Wildman–Crippen MR) is 74.7 cm³/mol. The van der Waals surface area contributed by atoms with Gasteiger partial charge < -0.3 is 10.6 Å². The van der Waals surface area contributed by atoms with Gasteiger partial charge in [-0.1, -0.05) is 15.9 Å². The molecule has 0 spiro atoms. The summed E-state index contributed by atoms with van der Waals surface area (Å²) in [6.45, 7) is 3.86. The number of anilines is 1. The van der Waals surface area contributed by atoms with Gasteiger partial charge in [0, 0.05) is 22.4 Å². The summed E-state index contributed by atoms with van der Waals surface area (Å²) in [7, 11) is 0. The first kappa shape index (κ1) is 14.3. The van der Waals surface area contributed by atoms with E-state index in [4.69, 9.17) is 5.26 Å². The second kappa shape index (κ2) is 6.82. The Bertz CT molecular complexity index is 486. The van der Waals surface area contributed by atoms with Gasteiger partial charge >= 0.3 is 0 Å². The van der Waals surface area contributed by atoms with Crippen LogP contribution in [0.3, 0.4) is 0 Å². The van der Waals surface area contributed by atoms with Crippen LogP contribution in [-0.2, 0) is 4.79 Å². The summed E-state index contributed by atoms with van der Waals surface area (Å²) < 4.78 is 0.929. The second-order valence-corrected chi connectivity index (χ2v) is 4.87. The van der Waals surface area contributed by atoms with E-state index in [1.54, 1.807) is 12.1 Å². The van der Waals surface area contributed by atoms with Crippen molar-refractivity contribution in [2.75, 3.05) is 5.32 Å². The number of hydrogen-bond acceptors (Lipinski definition) is 3. The lowest BCUT2D eigenvalue weighted by Gasteiger charge is -2.06. The number of nitrogens with zero attached hydrogens (tertiary/aromatic N) is 1. The molecule has 0 aliphatic heterocycles. The summed E-state index contributed by atoms with van der Waals surface area (Å²) >= 11 is 3.31. The minimum atomic E-state index is -0.423. The zero-order chi connectivity index (χ0) is 13.5. The molecule has 0 heterocycles. The molecule has 1 aromatic rings. The lowest BCUT2D eigenvalue weighted by atomic mass is 10.2. The second-order valence-electron chi connectivity index (χ2n) is 3.95. The summed E-state index contributed by atoms with van der Waals surface area (Å²) in [5, 5.41) is 14.5. The highest BCUT2D eigenvalue weighted by atomic mass is 79.9. The Hall–Kier alpha value is -1.80. The lowest BCUT2D eigenvalue weighted by Crippen LogP contribution is -2.20. The van der Waals surface area contributed by atoms with Crippen LogP contribution in [0, 0.1) is 11.3 Å². The molecule has 5 heteroatoms. The molecule has 0 bridgehead atoms. The number of carbonyl (C=O) groups is 1. The summed E-state index contributed by atoms with van der Waals surface area (Å²) in [6, 6.07) is 9.19. The van der Waals surface area contributed by atoms with Crippen LogP contribution in [0.25, 0.3) is 0 Å². The average Bonchev–Trinajstić information content (AvgIpc) is 2.32. The Balaban J connectivity index is 2.72. The molecule has 0 fully saturated rings. The first-order chi connectivity index (χ1) is 8.52. The van der Waals surface area contributed by atoms with Crippen molar-refractivity contribution in [3.05, 3.63) is 40.5 Å². The van der Waals surface area contributed by atoms with Crippen molar-refractivity contribution in [3.8, 4) is 6.07 Å². The standard InChI is InChI=1S/C13H14BrN3O/c1-9(2)16-8-10(7-15)13(18)17-12-5-3-11(14)4-6-12/h3-6,8-9,16H,1-2H3,(H,17,18)/b10-8-. The van der Waals surface area contributed by atoms with Crippen LogP contribution in [0.5, 0.6) is 0 Å². The van der Waals surface area contributed by atoms with Gasteiger partial charge in [0.1, 0.15) is 11.6 Å². The smallest absolute Gasteiger partial charge is 0.267 e. The van der Waals surface area contributed by atoms with E-state index < -0.39 is 5.91 Å². The van der Waals surface area contributed by atoms with Crippen LogP contribution >= 0.6 is 15.9 Å². The molecule has 1 aromatic carbocycles. The van der Waals surface area contributed by atoms with Gasteiger partial charge in [0.05, 0.1) is 0 Å². The van der Waals surface area contributed by atoms with Crippen LogP contribution in [0.1, 0.15) is 13.8 Å². The molecule has 0 radical (unpaired) electrons. The zero-order valence-corrected chi connectivity index (χ0v) is 11.8. The first-order valence-electron chi connectivity index (χ1n) is 5.46. The number of nitriles is 1. The molecule has 1 amide bonds. The lowest BCUT2D eigenvalue weighted by molar-refractivity contribution is -0.112. The quantitative estimate of drug-likeness (QED) is 0.664. The van der Waals surface area contributed by atoms with Crippen molar-refractivity contribution < 1.29 is 4.79 Å². The van der Waals surface area contributed by atoms with E-state index >= 15 is 0 Å². The summed E-state index contributed by atoms with van der Waals surface area (Å²) in [5.74, 6) is -0.423. The van der Waals surface area contributed by atoms with E-state index in [0.717, 1.165) is 4.47 Å². The molecule has 0 aromatic heterocycles. The SMILES string of the molecule is CC(C)N/C=C(/C#N)C(=O)Nc1ccc(Br)cc1. The topological polar surface area (TPSA) is 64.9 Å². The van der Waals surface area contributed by atoms with Crippen molar-refractivity contribution >= 4 is 27.5 Å². The van der Waals surface area contributed by atoms with Crippen molar-refractivity contribution in [3.63, 3.8) is 0 Å². The molecular formula is C13H14BrN3O. The first-order valence-corrected chi connectivity index (χ1v) is 6.25. The highest BCUT2D eigenvalue weighted by Gasteiger charge is 2.09. The normalized spacial score (nSPS) is 10.9. The van der Waals surface area contributed by atoms with Crippen molar-refractivity contribution in [2.45, 2.75) is 19.9 Å². The molecule has 18 heavy (non-hydrogen) atoms. The number of rotatable bonds is 4. The monoisotopic (exact) mass is 307 g/mol. The minimum absolute atomic E-state index is 0.0478. The molecule has 0 atom stereocenters. The van der Waals surface area contributed by atoms with Crippen LogP contribution in [0.4, 0.5) is 5.69 Å². The van der Waals surface area contributed by atoms with Gasteiger partial charge in [-0.05, 0) is 38.1 Å². The molecule has 0 aliphatic carbocycles. The van der Waals surface area contributed by atoms with E-state index in [1.165, 1.54) is 6.20 Å². The summed E-state index contributed by atoms with van der Waals surface area (Å²) in [4.78, 5) is 11.8. The molecule has 94 valence electrons.